The monoisotopic (exact) mass is 402 g/mol. The van der Waals surface area contributed by atoms with Gasteiger partial charge in [0.05, 0.1) is 12.7 Å². The number of nitrogens with two attached hydrogens (primary N) is 1. The van der Waals surface area contributed by atoms with Gasteiger partial charge in [-0.25, -0.2) is 14.2 Å². The predicted molar refractivity (Wildman–Crippen MR) is 97.7 cm³/mol. The quantitative estimate of drug-likeness (QED) is 0.375. The van der Waals surface area contributed by atoms with Crippen LogP contribution in [0, 0.1) is 5.82 Å². The fraction of sp³-hybridized carbons (Fsp3) is 0.0625. The Morgan fingerprint density at radius 2 is 2.18 bits per heavy atom. The number of benzene rings is 1. The predicted octanol–water partition coefficient (Wildman–Crippen LogP) is -0.130. The van der Waals surface area contributed by atoms with Gasteiger partial charge in [0.25, 0.3) is 0 Å². The molecule has 4 aromatic rings. The summed E-state index contributed by atoms with van der Waals surface area (Å²) in [4.78, 5) is 28.5. The summed E-state index contributed by atoms with van der Waals surface area (Å²) >= 11 is 6.00. The van der Waals surface area contributed by atoms with Gasteiger partial charge in [0.1, 0.15) is 11.5 Å². The van der Waals surface area contributed by atoms with Gasteiger partial charge in [-0.2, -0.15) is 19.6 Å². The zero-order chi connectivity index (χ0) is 19.8. The molecule has 0 spiro atoms. The van der Waals surface area contributed by atoms with E-state index in [1.807, 2.05) is 0 Å². The van der Waals surface area contributed by atoms with Gasteiger partial charge >= 0.3 is 5.69 Å². The minimum atomic E-state index is -0.554. The summed E-state index contributed by atoms with van der Waals surface area (Å²) in [6.07, 6.45) is 2.92. The van der Waals surface area contributed by atoms with Gasteiger partial charge < -0.3 is 15.8 Å². The Labute approximate surface area is 159 Å². The number of nitrogen functional groups attached to an aromatic ring is 1. The van der Waals surface area contributed by atoms with Gasteiger partial charge in [-0.15, -0.1) is 0 Å². The lowest BCUT2D eigenvalue weighted by Crippen LogP contribution is -2.21. The number of aromatic amines is 2. The number of imidazole rings is 1. The molecule has 0 saturated heterocycles. The van der Waals surface area contributed by atoms with Crippen LogP contribution in [0.15, 0.2) is 34.2 Å². The van der Waals surface area contributed by atoms with E-state index in [1.54, 1.807) is 0 Å². The second-order valence-corrected chi connectivity index (χ2v) is 6.16. The van der Waals surface area contributed by atoms with Crippen LogP contribution in [-0.4, -0.2) is 34.7 Å². The highest BCUT2D eigenvalue weighted by molar-refractivity contribution is 6.31. The Bertz CT molecular complexity index is 1370. The zero-order valence-corrected chi connectivity index (χ0v) is 14.8. The van der Waals surface area contributed by atoms with E-state index in [4.69, 9.17) is 17.3 Å². The topological polar surface area (TPSA) is 150 Å². The van der Waals surface area contributed by atoms with Crippen LogP contribution < -0.4 is 22.3 Å². The van der Waals surface area contributed by atoms with Crippen molar-refractivity contribution in [3.63, 3.8) is 0 Å². The van der Waals surface area contributed by atoms with Gasteiger partial charge in [-0.1, -0.05) is 17.7 Å². The van der Waals surface area contributed by atoms with Gasteiger partial charge in [0.15, 0.2) is 5.65 Å². The second kappa shape index (κ2) is 6.78. The smallest absolute Gasteiger partial charge is 0.326 e. The molecule has 12 heteroatoms. The van der Waals surface area contributed by atoms with Crippen LogP contribution >= 0.6 is 11.6 Å². The molecule has 5 N–H and O–H groups in total. The van der Waals surface area contributed by atoms with Crippen LogP contribution in [0.3, 0.4) is 0 Å². The molecule has 0 fully saturated rings. The molecule has 0 amide bonds. The van der Waals surface area contributed by atoms with Crippen LogP contribution in [0.1, 0.15) is 11.3 Å². The summed E-state index contributed by atoms with van der Waals surface area (Å²) in [6, 6.07) is 3.99. The van der Waals surface area contributed by atoms with Crippen molar-refractivity contribution in [2.24, 2.45) is 4.99 Å². The summed E-state index contributed by atoms with van der Waals surface area (Å²) in [5.41, 5.74) is 6.50. The number of nitrogens with one attached hydrogen (secondary N) is 2. The normalized spacial score (nSPS) is 12.9. The first-order valence-corrected chi connectivity index (χ1v) is 8.27. The molecule has 1 aromatic carbocycles. The van der Waals surface area contributed by atoms with E-state index in [0.29, 0.717) is 16.4 Å². The molecule has 0 aliphatic carbocycles. The third-order valence-electron chi connectivity index (χ3n) is 3.85. The van der Waals surface area contributed by atoms with Crippen molar-refractivity contribution in [2.75, 3.05) is 5.73 Å². The Kier molecular flexibility index (Phi) is 4.28. The first-order valence-electron chi connectivity index (χ1n) is 7.89. The fourth-order valence-electron chi connectivity index (χ4n) is 2.53. The number of aromatic hydroxyl groups is 1. The first-order chi connectivity index (χ1) is 13.4. The molecule has 0 bridgehead atoms. The number of hydrogen-bond donors (Lipinski definition) is 4. The minimum Gasteiger partial charge on any atom is -0.493 e. The minimum absolute atomic E-state index is 0.0420. The largest absolute Gasteiger partial charge is 0.493 e. The van der Waals surface area contributed by atoms with E-state index in [9.17, 15) is 14.3 Å². The Balaban J connectivity index is 1.81. The number of anilines is 1. The summed E-state index contributed by atoms with van der Waals surface area (Å²) in [5.74, 6) is -0.719. The van der Waals surface area contributed by atoms with Gasteiger partial charge in [-0.05, 0) is 23.8 Å². The lowest BCUT2D eigenvalue weighted by molar-refractivity contribution is 0.454. The third-order valence-corrected chi connectivity index (χ3v) is 4.20. The maximum Gasteiger partial charge on any atom is 0.326 e. The molecule has 4 rings (SSSR count). The van der Waals surface area contributed by atoms with Crippen molar-refractivity contribution in [3.8, 4) is 5.88 Å². The average molecular weight is 403 g/mol. The second-order valence-electron chi connectivity index (χ2n) is 5.75. The number of nitrogens with zero attached hydrogens (tertiary/aromatic N) is 5. The lowest BCUT2D eigenvalue weighted by Gasteiger charge is -2.00. The van der Waals surface area contributed by atoms with Gasteiger partial charge in [0.2, 0.25) is 17.4 Å². The van der Waals surface area contributed by atoms with Crippen LogP contribution in [-0.2, 0) is 6.54 Å². The molecular formula is C16H12ClFN8O2. The summed E-state index contributed by atoms with van der Waals surface area (Å²) < 4.78 is 14.4. The van der Waals surface area contributed by atoms with Crippen molar-refractivity contribution in [2.45, 2.75) is 6.54 Å². The van der Waals surface area contributed by atoms with Crippen molar-refractivity contribution in [3.05, 3.63) is 67.8 Å². The molecule has 0 unspecified atom stereocenters. The Hall–Kier alpha value is -3.73. The molecule has 10 nitrogen and oxygen atoms in total. The third kappa shape index (κ3) is 3.30. The zero-order valence-electron chi connectivity index (χ0n) is 14.0. The van der Waals surface area contributed by atoms with E-state index in [0.717, 1.165) is 0 Å². The van der Waals surface area contributed by atoms with Gasteiger partial charge in [0, 0.05) is 10.2 Å². The number of H-pyrrole nitrogens is 2. The highest BCUT2D eigenvalue weighted by Crippen LogP contribution is 2.17. The molecule has 0 aliphatic rings. The average Bonchev–Trinajstić information content (AvgIpc) is 3.18. The number of halogens is 2. The maximum atomic E-state index is 13.1. The molecule has 3 heterocycles. The highest BCUT2D eigenvalue weighted by atomic mass is 35.5. The van der Waals surface area contributed by atoms with Crippen LogP contribution in [0.4, 0.5) is 10.3 Å². The van der Waals surface area contributed by atoms with Crippen LogP contribution in [0.2, 0.25) is 5.02 Å². The molecule has 28 heavy (non-hydrogen) atoms. The summed E-state index contributed by atoms with van der Waals surface area (Å²) in [5, 5.41) is 14.5. The van der Waals surface area contributed by atoms with Crippen molar-refractivity contribution in [1.82, 2.24) is 29.5 Å². The fourth-order valence-corrected chi connectivity index (χ4v) is 2.76. The van der Waals surface area contributed by atoms with E-state index in [2.05, 4.69) is 30.0 Å². The number of rotatable bonds is 3. The number of hydrogen-bond acceptors (Lipinski definition) is 7. The molecule has 0 aliphatic heterocycles. The molecule has 0 atom stereocenters. The molecule has 142 valence electrons. The van der Waals surface area contributed by atoms with Crippen LogP contribution in [0.25, 0.3) is 11.7 Å². The lowest BCUT2D eigenvalue weighted by atomic mass is 10.2. The Morgan fingerprint density at radius 3 is 2.89 bits per heavy atom. The molecule has 0 saturated carbocycles. The van der Waals surface area contributed by atoms with Crippen LogP contribution in [0.5, 0.6) is 5.88 Å². The number of fused-ring (bicyclic) bond motifs is 1. The number of aromatic nitrogens is 6. The summed E-state index contributed by atoms with van der Waals surface area (Å²) in [7, 11) is 0. The maximum absolute atomic E-state index is 13.1. The van der Waals surface area contributed by atoms with Crippen molar-refractivity contribution >= 4 is 29.3 Å². The Morgan fingerprint density at radius 1 is 1.36 bits per heavy atom. The van der Waals surface area contributed by atoms with Gasteiger partial charge in [-0.3, -0.25) is 4.98 Å². The van der Waals surface area contributed by atoms with Crippen molar-refractivity contribution in [1.29, 1.82) is 0 Å². The van der Waals surface area contributed by atoms with E-state index < -0.39 is 11.5 Å². The van der Waals surface area contributed by atoms with E-state index >= 15 is 0 Å². The molecular weight excluding hydrogens is 391 g/mol. The highest BCUT2D eigenvalue weighted by Gasteiger charge is 2.08. The molecule has 3 aromatic heterocycles. The summed E-state index contributed by atoms with van der Waals surface area (Å²) in [6.45, 7) is 0.119. The first kappa shape index (κ1) is 17.7. The SMILES string of the molecule is Nc1nc(=NCc2ccc(F)cc2Cl)nc2c(=Cc3[nH]c(=O)[nH]c3O)cnn12. The van der Waals surface area contributed by atoms with E-state index in [-0.39, 0.29) is 34.7 Å². The molecule has 0 radical (unpaired) electrons. The van der Waals surface area contributed by atoms with E-state index in [1.165, 1.54) is 35.0 Å². The van der Waals surface area contributed by atoms with Crippen molar-refractivity contribution < 1.29 is 9.50 Å². The standard InChI is InChI=1S/C16H12ClFN8O2/c17-10-4-9(18)2-1-7(10)5-20-15-23-12-8(6-21-26(12)14(19)25-15)3-11-13(27)24-16(28)22-11/h1-4,6,27H,5H2,(H2,19,20,25)(H2,22,24,28).